The van der Waals surface area contributed by atoms with E-state index in [1.807, 2.05) is 30.3 Å². The summed E-state index contributed by atoms with van der Waals surface area (Å²) >= 11 is 0. The summed E-state index contributed by atoms with van der Waals surface area (Å²) in [4.78, 5) is 11.1. The third-order valence-corrected chi connectivity index (χ3v) is 2.13. The van der Waals surface area contributed by atoms with E-state index in [1.165, 1.54) is 0 Å². The average molecular weight is 204 g/mol. The predicted molar refractivity (Wildman–Crippen MR) is 61.1 cm³/mol. The fourth-order valence-corrected chi connectivity index (χ4v) is 1.33. The quantitative estimate of drug-likeness (QED) is 0.708. The molecular weight excluding hydrogens is 188 g/mol. The van der Waals surface area contributed by atoms with Crippen LogP contribution in [0.25, 0.3) is 0 Å². The van der Waals surface area contributed by atoms with Crippen molar-refractivity contribution in [1.82, 2.24) is 5.32 Å². The molecule has 1 atom stereocenters. The number of nitrogens with two attached hydrogens (primary N) is 1. The Kier molecular flexibility index (Phi) is 4.06. The molecule has 1 amide bonds. The molecule has 0 spiro atoms. The van der Waals surface area contributed by atoms with Crippen LogP contribution in [0.4, 0.5) is 0 Å². The van der Waals surface area contributed by atoms with Gasteiger partial charge in [-0.05, 0) is 12.5 Å². The van der Waals surface area contributed by atoms with Crippen LogP contribution in [-0.4, -0.2) is 11.9 Å². The third-order valence-electron chi connectivity index (χ3n) is 2.13. The largest absolute Gasteiger partial charge is 0.368 e. The van der Waals surface area contributed by atoms with E-state index in [-0.39, 0.29) is 0 Å². The molecule has 80 valence electrons. The molecule has 0 aliphatic rings. The zero-order valence-electron chi connectivity index (χ0n) is 8.86. The van der Waals surface area contributed by atoms with Crippen LogP contribution in [0.2, 0.25) is 0 Å². The number of hydrogen-bond acceptors (Lipinski definition) is 2. The van der Waals surface area contributed by atoms with E-state index in [0.717, 1.165) is 11.1 Å². The molecule has 0 heterocycles. The van der Waals surface area contributed by atoms with Crippen molar-refractivity contribution < 1.29 is 4.79 Å². The lowest BCUT2D eigenvalue weighted by Crippen LogP contribution is -2.41. The molecule has 1 rings (SSSR count). The van der Waals surface area contributed by atoms with E-state index in [1.54, 1.807) is 6.92 Å². The minimum absolute atomic E-state index is 0.390. The maximum absolute atomic E-state index is 11.1. The van der Waals surface area contributed by atoms with Crippen molar-refractivity contribution in [2.24, 2.45) is 5.73 Å². The summed E-state index contributed by atoms with van der Waals surface area (Å²) < 4.78 is 0. The molecule has 0 aliphatic carbocycles. The second-order valence-corrected chi connectivity index (χ2v) is 3.55. The first-order valence-electron chi connectivity index (χ1n) is 4.83. The van der Waals surface area contributed by atoms with Crippen molar-refractivity contribution in [1.29, 1.82) is 0 Å². The Labute approximate surface area is 90.0 Å². The van der Waals surface area contributed by atoms with Crippen molar-refractivity contribution in [2.75, 3.05) is 0 Å². The number of benzene rings is 1. The standard InChI is InChI=1S/C12H16N2O/c1-9(2)11(12(13)15)14-8-10-6-4-3-5-7-10/h3-7,11,14H,1,8H2,2H3,(H2,13,15). The van der Waals surface area contributed by atoms with E-state index in [4.69, 9.17) is 5.73 Å². The van der Waals surface area contributed by atoms with Crippen molar-refractivity contribution in [3.63, 3.8) is 0 Å². The maximum atomic E-state index is 11.1. The van der Waals surface area contributed by atoms with Gasteiger partial charge in [0.25, 0.3) is 0 Å². The van der Waals surface area contributed by atoms with Gasteiger partial charge in [0.1, 0.15) is 6.04 Å². The molecule has 0 bridgehead atoms. The molecule has 0 aromatic heterocycles. The topological polar surface area (TPSA) is 55.1 Å². The Hall–Kier alpha value is -1.61. The van der Waals surface area contributed by atoms with Gasteiger partial charge in [0.15, 0.2) is 0 Å². The van der Waals surface area contributed by atoms with Crippen LogP contribution in [0, 0.1) is 0 Å². The molecule has 0 saturated heterocycles. The lowest BCUT2D eigenvalue weighted by atomic mass is 10.1. The number of hydrogen-bond donors (Lipinski definition) is 2. The molecule has 1 unspecified atom stereocenters. The van der Waals surface area contributed by atoms with Crippen LogP contribution in [0.15, 0.2) is 42.5 Å². The predicted octanol–water partition coefficient (Wildman–Crippen LogP) is 1.21. The minimum Gasteiger partial charge on any atom is -0.368 e. The lowest BCUT2D eigenvalue weighted by molar-refractivity contribution is -0.119. The summed E-state index contributed by atoms with van der Waals surface area (Å²) in [5, 5.41) is 3.06. The normalized spacial score (nSPS) is 12.1. The van der Waals surface area contributed by atoms with Crippen LogP contribution < -0.4 is 11.1 Å². The highest BCUT2D eigenvalue weighted by molar-refractivity contribution is 5.82. The molecule has 1 aromatic rings. The monoisotopic (exact) mass is 204 g/mol. The number of carbonyl (C=O) groups is 1. The van der Waals surface area contributed by atoms with Crippen molar-refractivity contribution >= 4 is 5.91 Å². The van der Waals surface area contributed by atoms with E-state index in [0.29, 0.717) is 6.54 Å². The molecule has 3 heteroatoms. The summed E-state index contributed by atoms with van der Waals surface area (Å²) in [6.45, 7) is 6.12. The van der Waals surface area contributed by atoms with Gasteiger partial charge in [-0.2, -0.15) is 0 Å². The highest BCUT2D eigenvalue weighted by Crippen LogP contribution is 2.01. The van der Waals surface area contributed by atoms with E-state index >= 15 is 0 Å². The number of amides is 1. The fourth-order valence-electron chi connectivity index (χ4n) is 1.33. The number of primary amides is 1. The molecule has 0 aliphatic heterocycles. The highest BCUT2D eigenvalue weighted by Gasteiger charge is 2.14. The first-order valence-corrected chi connectivity index (χ1v) is 4.83. The Bertz CT molecular complexity index is 332. The fraction of sp³-hybridized carbons (Fsp3) is 0.250. The zero-order valence-corrected chi connectivity index (χ0v) is 8.86. The SMILES string of the molecule is C=C(C)C(NCc1ccccc1)C(N)=O. The van der Waals surface area contributed by atoms with E-state index in [2.05, 4.69) is 11.9 Å². The van der Waals surface area contributed by atoms with Crippen LogP contribution in [0.1, 0.15) is 12.5 Å². The van der Waals surface area contributed by atoms with Gasteiger partial charge in [0, 0.05) is 6.54 Å². The first-order chi connectivity index (χ1) is 7.11. The van der Waals surface area contributed by atoms with Crippen LogP contribution >= 0.6 is 0 Å². The summed E-state index contributed by atoms with van der Waals surface area (Å²) in [7, 11) is 0. The number of rotatable bonds is 5. The van der Waals surface area contributed by atoms with Gasteiger partial charge >= 0.3 is 0 Å². The van der Waals surface area contributed by atoms with Crippen LogP contribution in [0.5, 0.6) is 0 Å². The first kappa shape index (κ1) is 11.5. The minimum atomic E-state index is -0.454. The zero-order chi connectivity index (χ0) is 11.3. The second-order valence-electron chi connectivity index (χ2n) is 3.55. The van der Waals surface area contributed by atoms with E-state index < -0.39 is 11.9 Å². The average Bonchev–Trinajstić information content (AvgIpc) is 2.18. The number of nitrogens with one attached hydrogen (secondary N) is 1. The van der Waals surface area contributed by atoms with Gasteiger partial charge in [0.2, 0.25) is 5.91 Å². The Morgan fingerprint density at radius 2 is 2.07 bits per heavy atom. The Morgan fingerprint density at radius 3 is 2.53 bits per heavy atom. The molecule has 3 N–H and O–H groups in total. The lowest BCUT2D eigenvalue weighted by Gasteiger charge is -2.15. The third kappa shape index (κ3) is 3.56. The van der Waals surface area contributed by atoms with Crippen LogP contribution in [0.3, 0.4) is 0 Å². The van der Waals surface area contributed by atoms with Gasteiger partial charge in [-0.25, -0.2) is 0 Å². The summed E-state index contributed by atoms with van der Waals surface area (Å²) in [6.07, 6.45) is 0. The number of carbonyl (C=O) groups excluding carboxylic acids is 1. The molecule has 0 saturated carbocycles. The highest BCUT2D eigenvalue weighted by atomic mass is 16.1. The van der Waals surface area contributed by atoms with Gasteiger partial charge < -0.3 is 5.73 Å². The van der Waals surface area contributed by atoms with Crippen LogP contribution in [-0.2, 0) is 11.3 Å². The molecule has 0 radical (unpaired) electrons. The summed E-state index contributed by atoms with van der Waals surface area (Å²) in [5.74, 6) is -0.390. The molecule has 1 aromatic carbocycles. The molecule has 15 heavy (non-hydrogen) atoms. The Balaban J connectivity index is 2.55. The molecule has 3 nitrogen and oxygen atoms in total. The van der Waals surface area contributed by atoms with Crippen molar-refractivity contribution in [3.8, 4) is 0 Å². The van der Waals surface area contributed by atoms with Crippen molar-refractivity contribution in [2.45, 2.75) is 19.5 Å². The second kappa shape index (κ2) is 5.32. The maximum Gasteiger partial charge on any atom is 0.238 e. The Morgan fingerprint density at radius 1 is 1.47 bits per heavy atom. The van der Waals surface area contributed by atoms with Gasteiger partial charge in [0.05, 0.1) is 0 Å². The van der Waals surface area contributed by atoms with E-state index in [9.17, 15) is 4.79 Å². The van der Waals surface area contributed by atoms with Gasteiger partial charge in [-0.1, -0.05) is 42.5 Å². The van der Waals surface area contributed by atoms with Gasteiger partial charge in [-0.15, -0.1) is 0 Å². The smallest absolute Gasteiger partial charge is 0.238 e. The summed E-state index contributed by atoms with van der Waals surface area (Å²) in [5.41, 5.74) is 7.09. The van der Waals surface area contributed by atoms with Crippen molar-refractivity contribution in [3.05, 3.63) is 48.0 Å². The molecule has 0 fully saturated rings. The molecular formula is C12H16N2O. The van der Waals surface area contributed by atoms with Gasteiger partial charge in [-0.3, -0.25) is 10.1 Å². The summed E-state index contributed by atoms with van der Waals surface area (Å²) in [6, 6.07) is 9.39.